The second-order valence-corrected chi connectivity index (χ2v) is 8.34. The molecule has 2 saturated carbocycles. The molecule has 0 aromatic carbocycles. The monoisotopic (exact) mass is 328 g/mol. The molecule has 3 aliphatic rings. The second kappa shape index (κ2) is 6.47. The number of hydrogen-bond acceptors (Lipinski definition) is 1. The molecule has 19 heavy (non-hydrogen) atoms. The maximum Gasteiger partial charge on any atom is 0.0687 e. The molecule has 3 fully saturated rings. The van der Waals surface area contributed by atoms with E-state index in [0.29, 0.717) is 11.7 Å². The van der Waals surface area contributed by atoms with Crippen LogP contribution < -0.4 is 0 Å². The molecule has 0 bridgehead atoms. The number of alkyl halides is 1. The predicted molar refractivity (Wildman–Crippen MR) is 83.8 cm³/mol. The fourth-order valence-electron chi connectivity index (χ4n) is 4.56. The summed E-state index contributed by atoms with van der Waals surface area (Å²) in [6, 6.07) is 0. The average molecular weight is 329 g/mol. The first-order valence-corrected chi connectivity index (χ1v) is 9.51. The standard InChI is InChI=1S/C17H29BrO/c18-16(14-6-2-3-7-14)9-8-15-10-13-17(19-15)11-4-1-5-12-17/h14-16H,1-13H2. The Bertz CT molecular complexity index is 279. The minimum atomic E-state index is 0.318. The van der Waals surface area contributed by atoms with Crippen LogP contribution in [0.15, 0.2) is 0 Å². The Kier molecular flexibility index (Phi) is 4.90. The van der Waals surface area contributed by atoms with E-state index in [0.717, 1.165) is 10.7 Å². The van der Waals surface area contributed by atoms with Gasteiger partial charge in [-0.1, -0.05) is 48.0 Å². The molecule has 2 heteroatoms. The molecule has 1 nitrogen and oxygen atoms in total. The van der Waals surface area contributed by atoms with E-state index in [1.165, 1.54) is 83.5 Å². The maximum atomic E-state index is 6.48. The normalized spacial score (nSPS) is 33.0. The van der Waals surface area contributed by atoms with E-state index >= 15 is 0 Å². The summed E-state index contributed by atoms with van der Waals surface area (Å²) in [5.41, 5.74) is 0.318. The first-order valence-electron chi connectivity index (χ1n) is 8.59. The van der Waals surface area contributed by atoms with Gasteiger partial charge in [-0.05, 0) is 57.3 Å². The lowest BCUT2D eigenvalue weighted by Gasteiger charge is -2.33. The fraction of sp³-hybridized carbons (Fsp3) is 1.00. The molecular weight excluding hydrogens is 300 g/mol. The van der Waals surface area contributed by atoms with Crippen LogP contribution in [0.2, 0.25) is 0 Å². The fourth-order valence-corrected chi connectivity index (χ4v) is 5.36. The van der Waals surface area contributed by atoms with Crippen molar-refractivity contribution in [1.29, 1.82) is 0 Å². The lowest BCUT2D eigenvalue weighted by atomic mass is 9.83. The molecular formula is C17H29BrO. The molecule has 1 aliphatic heterocycles. The van der Waals surface area contributed by atoms with Gasteiger partial charge in [0.15, 0.2) is 0 Å². The van der Waals surface area contributed by atoms with Crippen LogP contribution >= 0.6 is 15.9 Å². The Morgan fingerprint density at radius 3 is 2.42 bits per heavy atom. The zero-order chi connectivity index (χ0) is 13.1. The molecule has 1 saturated heterocycles. The summed E-state index contributed by atoms with van der Waals surface area (Å²) in [5.74, 6) is 0.949. The second-order valence-electron chi connectivity index (χ2n) is 7.16. The summed E-state index contributed by atoms with van der Waals surface area (Å²) in [6.07, 6.45) is 18.6. The van der Waals surface area contributed by atoms with Gasteiger partial charge in [-0.2, -0.15) is 0 Å². The van der Waals surface area contributed by atoms with E-state index < -0.39 is 0 Å². The summed E-state index contributed by atoms with van der Waals surface area (Å²) in [5, 5.41) is 0. The van der Waals surface area contributed by atoms with E-state index in [1.54, 1.807) is 0 Å². The summed E-state index contributed by atoms with van der Waals surface area (Å²) < 4.78 is 6.48. The summed E-state index contributed by atoms with van der Waals surface area (Å²) in [6.45, 7) is 0. The minimum absolute atomic E-state index is 0.318. The first-order chi connectivity index (χ1) is 9.27. The third-order valence-electron chi connectivity index (χ3n) is 5.78. The largest absolute Gasteiger partial charge is 0.372 e. The van der Waals surface area contributed by atoms with Gasteiger partial charge in [-0.15, -0.1) is 0 Å². The van der Waals surface area contributed by atoms with Crippen molar-refractivity contribution in [3.8, 4) is 0 Å². The summed E-state index contributed by atoms with van der Waals surface area (Å²) in [7, 11) is 0. The Hall–Kier alpha value is 0.440. The van der Waals surface area contributed by atoms with Gasteiger partial charge in [-0.25, -0.2) is 0 Å². The highest BCUT2D eigenvalue weighted by Crippen LogP contribution is 2.43. The van der Waals surface area contributed by atoms with Crippen molar-refractivity contribution in [3.63, 3.8) is 0 Å². The quantitative estimate of drug-likeness (QED) is 0.610. The lowest BCUT2D eigenvalue weighted by molar-refractivity contribution is -0.0661. The molecule has 0 amide bonds. The highest BCUT2D eigenvalue weighted by atomic mass is 79.9. The smallest absolute Gasteiger partial charge is 0.0687 e. The minimum Gasteiger partial charge on any atom is -0.372 e. The number of halogens is 1. The molecule has 0 radical (unpaired) electrons. The molecule has 2 unspecified atom stereocenters. The first kappa shape index (κ1) is 14.4. The van der Waals surface area contributed by atoms with E-state index in [9.17, 15) is 0 Å². The van der Waals surface area contributed by atoms with Crippen LogP contribution in [0.25, 0.3) is 0 Å². The number of ether oxygens (including phenoxy) is 1. The van der Waals surface area contributed by atoms with Gasteiger partial charge in [0, 0.05) is 4.83 Å². The van der Waals surface area contributed by atoms with Crippen molar-refractivity contribution in [2.24, 2.45) is 5.92 Å². The molecule has 3 rings (SSSR count). The Morgan fingerprint density at radius 2 is 1.68 bits per heavy atom. The van der Waals surface area contributed by atoms with Gasteiger partial charge in [0.05, 0.1) is 11.7 Å². The van der Waals surface area contributed by atoms with Gasteiger partial charge in [0.1, 0.15) is 0 Å². The molecule has 2 aliphatic carbocycles. The average Bonchev–Trinajstić information content (AvgIpc) is 3.08. The lowest BCUT2D eigenvalue weighted by Crippen LogP contribution is -2.31. The van der Waals surface area contributed by atoms with Crippen molar-refractivity contribution in [3.05, 3.63) is 0 Å². The van der Waals surface area contributed by atoms with Crippen molar-refractivity contribution in [2.75, 3.05) is 0 Å². The van der Waals surface area contributed by atoms with E-state index in [2.05, 4.69) is 15.9 Å². The third-order valence-corrected chi connectivity index (χ3v) is 6.98. The van der Waals surface area contributed by atoms with Gasteiger partial charge >= 0.3 is 0 Å². The maximum absolute atomic E-state index is 6.48. The predicted octanol–water partition coefficient (Wildman–Crippen LogP) is 5.60. The Morgan fingerprint density at radius 1 is 0.947 bits per heavy atom. The van der Waals surface area contributed by atoms with Gasteiger partial charge in [0.2, 0.25) is 0 Å². The van der Waals surface area contributed by atoms with Crippen LogP contribution in [0.1, 0.15) is 83.5 Å². The van der Waals surface area contributed by atoms with Gasteiger partial charge in [-0.3, -0.25) is 0 Å². The Labute approximate surface area is 127 Å². The molecule has 2 atom stereocenters. The van der Waals surface area contributed by atoms with Crippen LogP contribution in [0.5, 0.6) is 0 Å². The molecule has 0 aromatic rings. The summed E-state index contributed by atoms with van der Waals surface area (Å²) >= 11 is 3.94. The zero-order valence-corrected chi connectivity index (χ0v) is 13.8. The molecule has 110 valence electrons. The highest BCUT2D eigenvalue weighted by molar-refractivity contribution is 9.09. The van der Waals surface area contributed by atoms with Crippen molar-refractivity contribution < 1.29 is 4.74 Å². The topological polar surface area (TPSA) is 9.23 Å². The Balaban J connectivity index is 1.41. The van der Waals surface area contributed by atoms with E-state index in [1.807, 2.05) is 0 Å². The van der Waals surface area contributed by atoms with Crippen LogP contribution in [0.3, 0.4) is 0 Å². The molecule has 0 aromatic heterocycles. The van der Waals surface area contributed by atoms with Crippen LogP contribution in [0, 0.1) is 5.92 Å². The van der Waals surface area contributed by atoms with E-state index in [4.69, 9.17) is 4.74 Å². The molecule has 1 spiro atoms. The van der Waals surface area contributed by atoms with Crippen molar-refractivity contribution in [1.82, 2.24) is 0 Å². The van der Waals surface area contributed by atoms with Crippen LogP contribution in [0.4, 0.5) is 0 Å². The van der Waals surface area contributed by atoms with Crippen molar-refractivity contribution in [2.45, 2.75) is 100 Å². The number of hydrogen-bond donors (Lipinski definition) is 0. The SMILES string of the molecule is BrC(CCC1CCC2(CCCCC2)O1)C1CCCC1. The summed E-state index contributed by atoms with van der Waals surface area (Å²) in [4.78, 5) is 0.751. The third kappa shape index (κ3) is 3.56. The van der Waals surface area contributed by atoms with E-state index in [-0.39, 0.29) is 0 Å². The van der Waals surface area contributed by atoms with Gasteiger partial charge in [0.25, 0.3) is 0 Å². The molecule has 0 N–H and O–H groups in total. The van der Waals surface area contributed by atoms with Crippen LogP contribution in [-0.2, 0) is 4.74 Å². The molecule has 1 heterocycles. The zero-order valence-electron chi connectivity index (χ0n) is 12.2. The van der Waals surface area contributed by atoms with Crippen LogP contribution in [-0.4, -0.2) is 16.5 Å². The van der Waals surface area contributed by atoms with Crippen molar-refractivity contribution >= 4 is 15.9 Å². The van der Waals surface area contributed by atoms with Gasteiger partial charge < -0.3 is 4.74 Å². The number of rotatable bonds is 4. The highest BCUT2D eigenvalue weighted by Gasteiger charge is 2.40.